The summed E-state index contributed by atoms with van der Waals surface area (Å²) in [6.07, 6.45) is 0.184. The molecule has 0 aliphatic rings. The predicted octanol–water partition coefficient (Wildman–Crippen LogP) is -0.297. The first-order chi connectivity index (χ1) is 17.1. The molecule has 0 amide bonds. The van der Waals surface area contributed by atoms with Gasteiger partial charge in [0.25, 0.3) is 0 Å². The molecule has 0 heterocycles. The summed E-state index contributed by atoms with van der Waals surface area (Å²) >= 11 is 0. The molecule has 0 aliphatic heterocycles. The smallest absolute Gasteiger partial charge is 0.330 e. The Morgan fingerprint density at radius 2 is 0.917 bits per heavy atom. The molecule has 0 aromatic carbocycles. The van der Waals surface area contributed by atoms with Crippen molar-refractivity contribution >= 4 is 17.9 Å². The van der Waals surface area contributed by atoms with Gasteiger partial charge in [-0.3, -0.25) is 0 Å². The number of rotatable bonds is 22. The number of carbonyl (C=O) groups is 3. The quantitative estimate of drug-likeness (QED) is 0.0974. The number of esters is 3. The van der Waals surface area contributed by atoms with Crippen LogP contribution < -0.4 is 0 Å². The summed E-state index contributed by atoms with van der Waals surface area (Å²) in [5.41, 5.74) is -0.757. The molecule has 0 saturated carbocycles. The molecule has 3 N–H and O–H groups in total. The highest BCUT2D eigenvalue weighted by Crippen LogP contribution is 2.24. The van der Waals surface area contributed by atoms with Crippen LogP contribution in [-0.2, 0) is 42.8 Å². The molecule has 0 spiro atoms. The average molecular weight is 519 g/mol. The molecule has 0 aliphatic carbocycles. The lowest BCUT2D eigenvalue weighted by atomic mass is 9.88. The summed E-state index contributed by atoms with van der Waals surface area (Å²) in [5.74, 6) is -2.02. The summed E-state index contributed by atoms with van der Waals surface area (Å²) in [7, 11) is 0. The highest BCUT2D eigenvalue weighted by Gasteiger charge is 2.31. The van der Waals surface area contributed by atoms with Gasteiger partial charge in [0.15, 0.2) is 0 Å². The second kappa shape index (κ2) is 19.6. The van der Waals surface area contributed by atoms with Crippen LogP contribution in [0, 0.1) is 5.41 Å². The summed E-state index contributed by atoms with van der Waals surface area (Å²) in [6.45, 7) is 10.5. The van der Waals surface area contributed by atoms with Crippen molar-refractivity contribution in [2.45, 2.75) is 31.7 Å². The largest absolute Gasteiger partial charge is 0.460 e. The molecule has 206 valence electrons. The van der Waals surface area contributed by atoms with E-state index in [0.29, 0.717) is 6.42 Å². The van der Waals surface area contributed by atoms with E-state index in [1.165, 1.54) is 0 Å². The van der Waals surface area contributed by atoms with E-state index in [-0.39, 0.29) is 59.5 Å². The van der Waals surface area contributed by atoms with Crippen LogP contribution >= 0.6 is 0 Å². The third-order valence-electron chi connectivity index (χ3n) is 4.66. The molecule has 3 atom stereocenters. The highest BCUT2D eigenvalue weighted by molar-refractivity contribution is 5.81. The van der Waals surface area contributed by atoms with Crippen molar-refractivity contribution in [1.29, 1.82) is 0 Å². The van der Waals surface area contributed by atoms with Crippen LogP contribution in [0.3, 0.4) is 0 Å². The second-order valence-corrected chi connectivity index (χ2v) is 7.86. The molecule has 0 radical (unpaired) electrons. The van der Waals surface area contributed by atoms with Crippen LogP contribution in [0.25, 0.3) is 0 Å². The zero-order chi connectivity index (χ0) is 27.4. The molecular weight excluding hydrogens is 480 g/mol. The molecule has 0 fully saturated rings. The standard InChI is InChI=1S/C24H38O12/c1-5-21(28)34-12-18(25)9-31-15-24(8-4,16-32-10-19(26)13-35-22(29)6-2)17-33-11-20(27)14-36-23(30)7-3/h5-7,18-20,25-27H,1-3,8-17H2,4H3. The molecule has 0 saturated heterocycles. The Kier molecular flexibility index (Phi) is 18.1. The second-order valence-electron chi connectivity index (χ2n) is 7.86. The first kappa shape index (κ1) is 33.4. The maximum Gasteiger partial charge on any atom is 0.330 e. The van der Waals surface area contributed by atoms with Gasteiger partial charge in [0, 0.05) is 23.6 Å². The lowest BCUT2D eigenvalue weighted by molar-refractivity contribution is -0.144. The number of aliphatic hydroxyl groups excluding tert-OH is 3. The Hall–Kier alpha value is -2.61. The third-order valence-corrected chi connectivity index (χ3v) is 4.66. The van der Waals surface area contributed by atoms with Crippen LogP contribution in [0.5, 0.6) is 0 Å². The lowest BCUT2D eigenvalue weighted by Crippen LogP contribution is -2.40. The predicted molar refractivity (Wildman–Crippen MR) is 127 cm³/mol. The van der Waals surface area contributed by atoms with E-state index in [1.54, 1.807) is 0 Å². The number of ether oxygens (including phenoxy) is 6. The summed E-state index contributed by atoms with van der Waals surface area (Å²) in [4.78, 5) is 33.3. The Labute approximate surface area is 211 Å². The van der Waals surface area contributed by atoms with E-state index in [4.69, 9.17) is 28.4 Å². The Morgan fingerprint density at radius 1 is 0.639 bits per heavy atom. The van der Waals surface area contributed by atoms with Crippen LogP contribution in [0.4, 0.5) is 0 Å². The fraction of sp³-hybridized carbons (Fsp3) is 0.625. The van der Waals surface area contributed by atoms with Crippen LogP contribution in [0.2, 0.25) is 0 Å². The molecule has 0 rings (SSSR count). The first-order valence-corrected chi connectivity index (χ1v) is 11.3. The van der Waals surface area contributed by atoms with Gasteiger partial charge in [-0.1, -0.05) is 26.7 Å². The fourth-order valence-corrected chi connectivity index (χ4v) is 2.52. The fourth-order valence-electron chi connectivity index (χ4n) is 2.52. The molecule has 3 unspecified atom stereocenters. The van der Waals surface area contributed by atoms with Gasteiger partial charge in [-0.2, -0.15) is 0 Å². The van der Waals surface area contributed by atoms with Crippen molar-refractivity contribution in [3.8, 4) is 0 Å². The first-order valence-electron chi connectivity index (χ1n) is 11.3. The van der Waals surface area contributed by atoms with Gasteiger partial charge in [0.2, 0.25) is 0 Å². The minimum absolute atomic E-state index is 0.0546. The molecular formula is C24H38O12. The molecule has 12 heteroatoms. The van der Waals surface area contributed by atoms with E-state index < -0.39 is 41.6 Å². The molecule has 0 bridgehead atoms. The average Bonchev–Trinajstić information content (AvgIpc) is 2.88. The van der Waals surface area contributed by atoms with E-state index >= 15 is 0 Å². The van der Waals surface area contributed by atoms with E-state index in [2.05, 4.69) is 19.7 Å². The number of hydrogen-bond donors (Lipinski definition) is 3. The van der Waals surface area contributed by atoms with Crippen LogP contribution in [-0.4, -0.2) is 111 Å². The summed E-state index contributed by atoms with van der Waals surface area (Å²) < 4.78 is 31.1. The minimum Gasteiger partial charge on any atom is -0.460 e. The Morgan fingerprint density at radius 3 is 1.14 bits per heavy atom. The van der Waals surface area contributed by atoms with E-state index in [0.717, 1.165) is 18.2 Å². The van der Waals surface area contributed by atoms with Gasteiger partial charge in [0.1, 0.15) is 38.1 Å². The van der Waals surface area contributed by atoms with Crippen molar-refractivity contribution in [2.24, 2.45) is 5.41 Å². The van der Waals surface area contributed by atoms with Crippen molar-refractivity contribution < 1.29 is 58.1 Å². The molecule has 12 nitrogen and oxygen atoms in total. The third kappa shape index (κ3) is 16.1. The lowest BCUT2D eigenvalue weighted by Gasteiger charge is -2.33. The van der Waals surface area contributed by atoms with Gasteiger partial charge >= 0.3 is 17.9 Å². The van der Waals surface area contributed by atoms with Gasteiger partial charge in [0.05, 0.1) is 39.6 Å². The zero-order valence-corrected chi connectivity index (χ0v) is 20.7. The van der Waals surface area contributed by atoms with Crippen molar-refractivity contribution in [3.05, 3.63) is 38.0 Å². The minimum atomic E-state index is -1.08. The Balaban J connectivity index is 4.87. The zero-order valence-electron chi connectivity index (χ0n) is 20.7. The van der Waals surface area contributed by atoms with E-state index in [9.17, 15) is 29.7 Å². The van der Waals surface area contributed by atoms with Gasteiger partial charge < -0.3 is 43.7 Å². The maximum atomic E-state index is 11.1. The number of carbonyl (C=O) groups excluding carboxylic acids is 3. The number of hydrogen-bond acceptors (Lipinski definition) is 12. The monoisotopic (exact) mass is 518 g/mol. The van der Waals surface area contributed by atoms with Gasteiger partial charge in [-0.25, -0.2) is 14.4 Å². The summed E-state index contributed by atoms with van der Waals surface area (Å²) in [6, 6.07) is 0. The summed E-state index contributed by atoms with van der Waals surface area (Å²) in [5, 5.41) is 29.8. The number of aliphatic hydroxyl groups is 3. The molecule has 0 aromatic rings. The van der Waals surface area contributed by atoms with Crippen molar-refractivity contribution in [2.75, 3.05) is 59.5 Å². The molecule has 0 aromatic heterocycles. The van der Waals surface area contributed by atoms with Gasteiger partial charge in [-0.05, 0) is 6.42 Å². The van der Waals surface area contributed by atoms with Crippen LogP contribution in [0.15, 0.2) is 38.0 Å². The Bertz CT molecular complexity index is 604. The highest BCUT2D eigenvalue weighted by atomic mass is 16.6. The SMILES string of the molecule is C=CC(=O)OCC(O)COCC(CC)(COCC(O)COC(=O)C=C)COCC(O)COC(=O)C=C. The van der Waals surface area contributed by atoms with Gasteiger partial charge in [-0.15, -0.1) is 0 Å². The normalized spacial score (nSPS) is 15.0. The maximum absolute atomic E-state index is 11.1. The van der Waals surface area contributed by atoms with Crippen LogP contribution in [0.1, 0.15) is 13.3 Å². The van der Waals surface area contributed by atoms with Crippen molar-refractivity contribution in [3.63, 3.8) is 0 Å². The molecule has 36 heavy (non-hydrogen) atoms. The van der Waals surface area contributed by atoms with Crippen molar-refractivity contribution in [1.82, 2.24) is 0 Å². The van der Waals surface area contributed by atoms with E-state index in [1.807, 2.05) is 6.92 Å². The topological polar surface area (TPSA) is 167 Å².